The zero-order chi connectivity index (χ0) is 27.2. The summed E-state index contributed by atoms with van der Waals surface area (Å²) in [6.07, 6.45) is -10.2. The Hall–Kier alpha value is -3.33. The van der Waals surface area contributed by atoms with Crippen molar-refractivity contribution in [1.82, 2.24) is 4.98 Å². The lowest BCUT2D eigenvalue weighted by Crippen LogP contribution is -2.43. The zero-order valence-electron chi connectivity index (χ0n) is 18.4. The number of fused-ring (bicyclic) bond motifs is 1. The number of ether oxygens (including phenoxy) is 1. The largest absolute Gasteiger partial charge is 0.486 e. The maximum Gasteiger partial charge on any atom is 0.427 e. The maximum atomic E-state index is 13.5. The Morgan fingerprint density at radius 2 is 1.84 bits per heavy atom. The Balaban J connectivity index is 1.80. The van der Waals surface area contributed by atoms with Gasteiger partial charge in [-0.05, 0) is 42.8 Å². The second-order valence-electron chi connectivity index (χ2n) is 7.94. The van der Waals surface area contributed by atoms with Crippen LogP contribution < -0.4 is 9.04 Å². The number of carboxylic acid groups (broad SMARTS) is 1. The van der Waals surface area contributed by atoms with Crippen molar-refractivity contribution in [2.45, 2.75) is 36.2 Å². The third kappa shape index (κ3) is 5.66. The van der Waals surface area contributed by atoms with E-state index in [4.69, 9.17) is 9.84 Å². The summed E-state index contributed by atoms with van der Waals surface area (Å²) in [4.78, 5) is 13.1. The molecular formula is C22H16F6N2O5S2. The summed E-state index contributed by atoms with van der Waals surface area (Å²) in [5.74, 6) is -1.20. The molecule has 1 aliphatic rings. The first kappa shape index (κ1) is 26.7. The summed E-state index contributed by atoms with van der Waals surface area (Å²) in [6, 6.07) is 6.95. The van der Waals surface area contributed by atoms with Crippen molar-refractivity contribution in [3.05, 3.63) is 59.1 Å². The van der Waals surface area contributed by atoms with E-state index in [9.17, 15) is 39.6 Å². The van der Waals surface area contributed by atoms with Gasteiger partial charge in [0.25, 0.3) is 10.0 Å². The van der Waals surface area contributed by atoms with Crippen LogP contribution in [0.1, 0.15) is 23.3 Å². The van der Waals surface area contributed by atoms with Crippen LogP contribution >= 0.6 is 11.3 Å². The molecule has 2 aromatic carbocycles. The smallest absolute Gasteiger partial charge is 0.427 e. The Bertz CT molecular complexity index is 1440. The van der Waals surface area contributed by atoms with Gasteiger partial charge in [0.2, 0.25) is 0 Å². The van der Waals surface area contributed by atoms with Crippen molar-refractivity contribution >= 4 is 33.0 Å². The van der Waals surface area contributed by atoms with E-state index in [2.05, 4.69) is 4.98 Å². The number of aromatic nitrogens is 1. The van der Waals surface area contributed by atoms with Crippen molar-refractivity contribution < 1.29 is 49.4 Å². The molecule has 0 aliphatic carbocycles. The second-order valence-corrected chi connectivity index (χ2v) is 10.8. The number of benzene rings is 2. The molecule has 0 bridgehead atoms. The van der Waals surface area contributed by atoms with Crippen molar-refractivity contribution in [1.29, 1.82) is 0 Å². The van der Waals surface area contributed by atoms with Crippen LogP contribution in [0.5, 0.6) is 5.75 Å². The van der Waals surface area contributed by atoms with Crippen LogP contribution in [0.3, 0.4) is 0 Å². The zero-order valence-corrected chi connectivity index (χ0v) is 20.0. The second kappa shape index (κ2) is 9.52. The molecule has 15 heteroatoms. The lowest BCUT2D eigenvalue weighted by molar-refractivity contribution is -0.138. The third-order valence-electron chi connectivity index (χ3n) is 5.35. The van der Waals surface area contributed by atoms with Crippen molar-refractivity contribution in [3.63, 3.8) is 0 Å². The van der Waals surface area contributed by atoms with E-state index >= 15 is 0 Å². The van der Waals surface area contributed by atoms with Crippen LogP contribution in [0.25, 0.3) is 10.6 Å². The van der Waals surface area contributed by atoms with Crippen LogP contribution in [-0.4, -0.2) is 37.1 Å². The number of alkyl halides is 6. The van der Waals surface area contributed by atoms with Gasteiger partial charge in [0.05, 0.1) is 28.9 Å². The van der Waals surface area contributed by atoms with Crippen LogP contribution in [0.2, 0.25) is 0 Å². The predicted molar refractivity (Wildman–Crippen MR) is 120 cm³/mol. The topological polar surface area (TPSA) is 96.8 Å². The average molecular weight is 567 g/mol. The van der Waals surface area contributed by atoms with Crippen molar-refractivity contribution in [3.8, 4) is 16.3 Å². The summed E-state index contributed by atoms with van der Waals surface area (Å²) >= 11 is 0.330. The first-order valence-corrected chi connectivity index (χ1v) is 12.7. The van der Waals surface area contributed by atoms with Crippen LogP contribution in [0, 0.1) is 0 Å². The van der Waals surface area contributed by atoms with E-state index in [0.717, 1.165) is 16.4 Å². The Morgan fingerprint density at radius 1 is 1.11 bits per heavy atom. The number of anilines is 1. The quantitative estimate of drug-likeness (QED) is 0.387. The number of carbonyl (C=O) groups is 1. The minimum Gasteiger partial charge on any atom is -0.486 e. The highest BCUT2D eigenvalue weighted by atomic mass is 32.2. The van der Waals surface area contributed by atoms with E-state index in [1.807, 2.05) is 0 Å². The minimum atomic E-state index is -4.81. The van der Waals surface area contributed by atoms with E-state index in [-0.39, 0.29) is 34.8 Å². The van der Waals surface area contributed by atoms with Gasteiger partial charge in [-0.15, -0.1) is 11.3 Å². The van der Waals surface area contributed by atoms with Crippen LogP contribution in [0.4, 0.5) is 32.0 Å². The summed E-state index contributed by atoms with van der Waals surface area (Å²) in [7, 11) is -4.64. The monoisotopic (exact) mass is 566 g/mol. The highest BCUT2D eigenvalue weighted by molar-refractivity contribution is 7.92. The van der Waals surface area contributed by atoms with Gasteiger partial charge in [-0.3, -0.25) is 9.10 Å². The molecule has 1 aromatic heterocycles. The van der Waals surface area contributed by atoms with E-state index in [1.165, 1.54) is 18.2 Å². The number of hydrogen-bond donors (Lipinski definition) is 1. The molecule has 37 heavy (non-hydrogen) atoms. The van der Waals surface area contributed by atoms with Gasteiger partial charge in [-0.1, -0.05) is 6.07 Å². The molecule has 198 valence electrons. The molecule has 1 aliphatic heterocycles. The molecule has 0 saturated heterocycles. The molecule has 0 fully saturated rings. The summed E-state index contributed by atoms with van der Waals surface area (Å²) in [5, 5.41) is 8.92. The van der Waals surface area contributed by atoms with Gasteiger partial charge < -0.3 is 9.84 Å². The molecule has 0 amide bonds. The molecule has 7 nitrogen and oxygen atoms in total. The number of rotatable bonds is 6. The van der Waals surface area contributed by atoms with E-state index in [1.54, 1.807) is 0 Å². The fraction of sp³-hybridized carbons (Fsp3) is 0.273. The third-order valence-corrected chi connectivity index (χ3v) is 8.22. The minimum absolute atomic E-state index is 0.0338. The number of hydrogen-bond acceptors (Lipinski definition) is 6. The van der Waals surface area contributed by atoms with Gasteiger partial charge >= 0.3 is 18.3 Å². The maximum absolute atomic E-state index is 13.5. The number of thiazole rings is 1. The summed E-state index contributed by atoms with van der Waals surface area (Å²) < 4.78 is 112. The van der Waals surface area contributed by atoms with E-state index < -0.39 is 56.3 Å². The number of sulfonamides is 1. The Morgan fingerprint density at radius 3 is 2.46 bits per heavy atom. The summed E-state index contributed by atoms with van der Waals surface area (Å²) in [5.41, 5.74) is -1.21. The molecule has 3 aromatic rings. The number of carboxylic acids is 1. The molecule has 4 rings (SSSR count). The number of aliphatic carboxylic acids is 1. The first-order chi connectivity index (χ1) is 17.2. The lowest BCUT2D eigenvalue weighted by atomic mass is 10.1. The van der Waals surface area contributed by atoms with Crippen LogP contribution in [-0.2, 0) is 27.2 Å². The molecule has 2 heterocycles. The predicted octanol–water partition coefficient (Wildman–Crippen LogP) is 5.67. The van der Waals surface area contributed by atoms with Gasteiger partial charge in [0.15, 0.2) is 0 Å². The van der Waals surface area contributed by atoms with Crippen molar-refractivity contribution in [2.75, 3.05) is 10.8 Å². The molecule has 1 unspecified atom stereocenters. The van der Waals surface area contributed by atoms with E-state index in [0.29, 0.717) is 29.7 Å². The van der Waals surface area contributed by atoms with Crippen LogP contribution in [0.15, 0.2) is 53.6 Å². The molecule has 1 atom stereocenters. The standard InChI is InChI=1S/C22H16F6N2O5S2/c23-21(24,25)13-2-1-3-15(9-13)37(33,34)30-11-14(5-7-19(31)32)35-17-6-4-12(8-16(17)30)20-29-10-18(36-20)22(26,27)28/h1-4,6,8-10,14H,5,7,11H2,(H,31,32). The fourth-order valence-electron chi connectivity index (χ4n) is 3.61. The number of halogens is 6. The van der Waals surface area contributed by atoms with Gasteiger partial charge in [0, 0.05) is 12.0 Å². The SMILES string of the molecule is O=C(O)CCC1CN(S(=O)(=O)c2cccc(C(F)(F)F)c2)c2cc(-c3ncc(C(F)(F)F)s3)ccc2O1. The van der Waals surface area contributed by atoms with Gasteiger partial charge in [-0.2, -0.15) is 26.3 Å². The lowest BCUT2D eigenvalue weighted by Gasteiger charge is -2.35. The molecule has 1 N–H and O–H groups in total. The Kier molecular flexibility index (Phi) is 6.88. The van der Waals surface area contributed by atoms with Gasteiger partial charge in [-0.25, -0.2) is 13.4 Å². The number of nitrogens with zero attached hydrogens (tertiary/aromatic N) is 2. The fourth-order valence-corrected chi connectivity index (χ4v) is 5.93. The average Bonchev–Trinajstić information content (AvgIpc) is 3.32. The first-order valence-electron chi connectivity index (χ1n) is 10.4. The highest BCUT2D eigenvalue weighted by Gasteiger charge is 2.38. The van der Waals surface area contributed by atoms with Gasteiger partial charge in [0.1, 0.15) is 21.7 Å². The van der Waals surface area contributed by atoms with Crippen molar-refractivity contribution in [2.24, 2.45) is 0 Å². The molecule has 0 radical (unpaired) electrons. The Labute approximate surface area is 210 Å². The highest BCUT2D eigenvalue weighted by Crippen LogP contribution is 2.43. The molecule has 0 saturated carbocycles. The molecular weight excluding hydrogens is 550 g/mol. The molecule has 0 spiro atoms. The summed E-state index contributed by atoms with van der Waals surface area (Å²) in [6.45, 7) is -0.437. The normalized spacial score (nSPS) is 16.3.